The molecule has 4 rings (SSSR count). The topological polar surface area (TPSA) is 78.0 Å². The lowest BCUT2D eigenvalue weighted by Crippen LogP contribution is -2.40. The van der Waals surface area contributed by atoms with Crippen LogP contribution in [0.15, 0.2) is 69.0 Å². The van der Waals surface area contributed by atoms with Gasteiger partial charge in [-0.1, -0.05) is 49.7 Å². The van der Waals surface area contributed by atoms with Crippen LogP contribution in [-0.4, -0.2) is 13.7 Å². The van der Waals surface area contributed by atoms with E-state index in [0.717, 1.165) is 40.6 Å². The Kier molecular flexibility index (Phi) is 6.05. The van der Waals surface area contributed by atoms with Crippen molar-refractivity contribution in [1.29, 1.82) is 0 Å². The third-order valence-corrected chi connectivity index (χ3v) is 6.06. The van der Waals surface area contributed by atoms with E-state index in [1.54, 1.807) is 7.05 Å². The first kappa shape index (κ1) is 22.3. The molecule has 2 aromatic carbocycles. The highest BCUT2D eigenvalue weighted by Crippen LogP contribution is 2.26. The van der Waals surface area contributed by atoms with E-state index in [0.29, 0.717) is 11.4 Å². The second-order valence-electron chi connectivity index (χ2n) is 8.31. The Bertz CT molecular complexity index is 1530. The second kappa shape index (κ2) is 8.94. The van der Waals surface area contributed by atoms with Crippen molar-refractivity contribution < 1.29 is 0 Å². The maximum absolute atomic E-state index is 13.3. The van der Waals surface area contributed by atoms with Gasteiger partial charge in [0.1, 0.15) is 11.0 Å². The van der Waals surface area contributed by atoms with Crippen molar-refractivity contribution in [3.05, 3.63) is 96.9 Å². The number of anilines is 2. The van der Waals surface area contributed by atoms with Gasteiger partial charge in [-0.2, -0.15) is 0 Å². The highest BCUT2D eigenvalue weighted by atomic mass is 16.2. The normalized spacial score (nSPS) is 11.2. The van der Waals surface area contributed by atoms with Crippen molar-refractivity contribution in [3.63, 3.8) is 0 Å². The molecule has 0 bridgehead atoms. The van der Waals surface area contributed by atoms with Crippen LogP contribution in [0.25, 0.3) is 16.7 Å². The molecular formula is C26H28N4O3. The molecule has 7 heteroatoms. The fourth-order valence-corrected chi connectivity index (χ4v) is 4.16. The lowest BCUT2D eigenvalue weighted by molar-refractivity contribution is 0.728. The summed E-state index contributed by atoms with van der Waals surface area (Å²) in [7, 11) is 3.04. The first-order valence-corrected chi connectivity index (χ1v) is 11.1. The minimum absolute atomic E-state index is 0.262. The summed E-state index contributed by atoms with van der Waals surface area (Å²) in [6.07, 6.45) is 2.98. The number of hydrogen-bond acceptors (Lipinski definition) is 4. The summed E-state index contributed by atoms with van der Waals surface area (Å²) in [5.41, 5.74) is 2.81. The molecule has 0 unspecified atom stereocenters. The molecule has 0 atom stereocenters. The Morgan fingerprint density at radius 3 is 2.30 bits per heavy atom. The third kappa shape index (κ3) is 3.91. The standard InChI is InChI=1S/C26H28N4O3/c1-5-6-12-18-13-8-9-14-19(18)27-20-16-22(31)28(3)24-23(20)25(32)29(4)26(33)30(24)21-15-10-7-11-17(21)2/h7-11,13-16,27H,5-6,12H2,1-4H3. The van der Waals surface area contributed by atoms with Crippen molar-refractivity contribution in [2.45, 2.75) is 33.1 Å². The van der Waals surface area contributed by atoms with Gasteiger partial charge >= 0.3 is 5.69 Å². The van der Waals surface area contributed by atoms with Crippen molar-refractivity contribution in [1.82, 2.24) is 13.7 Å². The molecule has 0 saturated heterocycles. The van der Waals surface area contributed by atoms with Crippen molar-refractivity contribution in [3.8, 4) is 5.69 Å². The molecule has 0 radical (unpaired) electrons. The molecule has 7 nitrogen and oxygen atoms in total. The van der Waals surface area contributed by atoms with Crippen LogP contribution < -0.4 is 22.1 Å². The van der Waals surface area contributed by atoms with Crippen LogP contribution in [0.5, 0.6) is 0 Å². The zero-order valence-corrected chi connectivity index (χ0v) is 19.4. The minimum atomic E-state index is -0.503. The predicted octanol–water partition coefficient (Wildman–Crippen LogP) is 3.78. The smallest absolute Gasteiger partial charge is 0.337 e. The zero-order chi connectivity index (χ0) is 23.7. The SMILES string of the molecule is CCCCc1ccccc1Nc1cc(=O)n(C)c2c1c(=O)n(C)c(=O)n2-c1ccccc1C. The van der Waals surface area contributed by atoms with Crippen LogP contribution in [0.3, 0.4) is 0 Å². The van der Waals surface area contributed by atoms with Crippen LogP contribution in [0.1, 0.15) is 30.9 Å². The molecule has 170 valence electrons. The lowest BCUT2D eigenvalue weighted by Gasteiger charge is -2.19. The number of aromatic nitrogens is 3. The van der Waals surface area contributed by atoms with Gasteiger partial charge in [0.2, 0.25) is 0 Å². The zero-order valence-electron chi connectivity index (χ0n) is 19.4. The molecule has 0 amide bonds. The summed E-state index contributed by atoms with van der Waals surface area (Å²) in [6.45, 7) is 4.03. The second-order valence-corrected chi connectivity index (χ2v) is 8.31. The van der Waals surface area contributed by atoms with Gasteiger partial charge in [0.05, 0.1) is 11.4 Å². The molecule has 0 aliphatic rings. The van der Waals surface area contributed by atoms with Crippen LogP contribution in [0, 0.1) is 6.92 Å². The molecule has 0 spiro atoms. The van der Waals surface area contributed by atoms with Crippen molar-refractivity contribution in [2.24, 2.45) is 14.1 Å². The monoisotopic (exact) mass is 444 g/mol. The molecule has 4 aromatic rings. The van der Waals surface area contributed by atoms with E-state index >= 15 is 0 Å². The number of rotatable bonds is 6. The number of unbranched alkanes of at least 4 members (excludes halogenated alkanes) is 1. The number of hydrogen-bond donors (Lipinski definition) is 1. The highest BCUT2D eigenvalue weighted by Gasteiger charge is 2.20. The maximum Gasteiger partial charge on any atom is 0.337 e. The number of para-hydroxylation sites is 2. The molecule has 0 saturated carbocycles. The van der Waals surface area contributed by atoms with E-state index in [-0.39, 0.29) is 16.6 Å². The molecular weight excluding hydrogens is 416 g/mol. The average molecular weight is 445 g/mol. The Hall–Kier alpha value is -3.87. The van der Waals surface area contributed by atoms with Crippen molar-refractivity contribution >= 4 is 22.4 Å². The van der Waals surface area contributed by atoms with Gasteiger partial charge in [-0.3, -0.25) is 18.7 Å². The molecule has 1 N–H and O–H groups in total. The van der Waals surface area contributed by atoms with E-state index in [2.05, 4.69) is 12.2 Å². The van der Waals surface area contributed by atoms with E-state index in [1.807, 2.05) is 55.5 Å². The maximum atomic E-state index is 13.3. The summed E-state index contributed by atoms with van der Waals surface area (Å²) in [4.78, 5) is 39.6. The molecule has 0 fully saturated rings. The largest absolute Gasteiger partial charge is 0.354 e. The van der Waals surface area contributed by atoms with Crippen LogP contribution in [-0.2, 0) is 20.5 Å². The van der Waals surface area contributed by atoms with Gasteiger partial charge in [0, 0.05) is 25.8 Å². The lowest BCUT2D eigenvalue weighted by atomic mass is 10.1. The van der Waals surface area contributed by atoms with Gasteiger partial charge in [0.25, 0.3) is 11.1 Å². The van der Waals surface area contributed by atoms with Gasteiger partial charge in [0.15, 0.2) is 0 Å². The fourth-order valence-electron chi connectivity index (χ4n) is 4.16. The van der Waals surface area contributed by atoms with Crippen LogP contribution in [0.2, 0.25) is 0 Å². The first-order valence-electron chi connectivity index (χ1n) is 11.1. The van der Waals surface area contributed by atoms with Gasteiger partial charge in [-0.15, -0.1) is 0 Å². The number of nitrogens with zero attached hydrogens (tertiary/aromatic N) is 3. The van der Waals surface area contributed by atoms with E-state index in [9.17, 15) is 14.4 Å². The Morgan fingerprint density at radius 2 is 1.58 bits per heavy atom. The Labute approximate surface area is 191 Å². The number of pyridine rings is 1. The first-order chi connectivity index (χ1) is 15.8. The third-order valence-electron chi connectivity index (χ3n) is 6.06. The Morgan fingerprint density at radius 1 is 0.879 bits per heavy atom. The summed E-state index contributed by atoms with van der Waals surface area (Å²) >= 11 is 0. The summed E-state index contributed by atoms with van der Waals surface area (Å²) in [5, 5.41) is 3.62. The van der Waals surface area contributed by atoms with E-state index in [4.69, 9.17) is 0 Å². The summed E-state index contributed by atoms with van der Waals surface area (Å²) in [5.74, 6) is 0. The summed E-state index contributed by atoms with van der Waals surface area (Å²) < 4.78 is 3.90. The summed E-state index contributed by atoms with van der Waals surface area (Å²) in [6, 6.07) is 16.7. The van der Waals surface area contributed by atoms with E-state index in [1.165, 1.54) is 22.2 Å². The molecule has 0 aliphatic heterocycles. The van der Waals surface area contributed by atoms with Crippen molar-refractivity contribution in [2.75, 3.05) is 5.32 Å². The van der Waals surface area contributed by atoms with Crippen LogP contribution in [0.4, 0.5) is 11.4 Å². The van der Waals surface area contributed by atoms with Gasteiger partial charge in [-0.25, -0.2) is 9.36 Å². The minimum Gasteiger partial charge on any atom is -0.354 e. The quantitative estimate of drug-likeness (QED) is 0.491. The van der Waals surface area contributed by atoms with Crippen LogP contribution >= 0.6 is 0 Å². The number of benzene rings is 2. The average Bonchev–Trinajstić information content (AvgIpc) is 2.81. The highest BCUT2D eigenvalue weighted by molar-refractivity contribution is 5.91. The molecule has 0 aliphatic carbocycles. The fraction of sp³-hybridized carbons (Fsp3) is 0.269. The number of fused-ring (bicyclic) bond motifs is 1. The van der Waals surface area contributed by atoms with E-state index < -0.39 is 11.2 Å². The predicted molar refractivity (Wildman–Crippen MR) is 133 cm³/mol. The molecule has 2 aromatic heterocycles. The molecule has 2 heterocycles. The Balaban J connectivity index is 2.07. The number of aryl methyl sites for hydroxylation is 3. The van der Waals surface area contributed by atoms with Gasteiger partial charge < -0.3 is 5.32 Å². The number of nitrogens with one attached hydrogen (secondary N) is 1. The van der Waals surface area contributed by atoms with Gasteiger partial charge in [-0.05, 0) is 43.0 Å². The molecule has 33 heavy (non-hydrogen) atoms.